The first-order valence-electron chi connectivity index (χ1n) is 7.94. The van der Waals surface area contributed by atoms with Gasteiger partial charge in [0.25, 0.3) is 11.5 Å². The number of aromatic hydroxyl groups is 1. The normalized spacial score (nSPS) is 15.7. The number of amides is 2. The zero-order valence-corrected chi connectivity index (χ0v) is 14.4. The van der Waals surface area contributed by atoms with E-state index in [4.69, 9.17) is 0 Å². The molecule has 0 spiro atoms. The summed E-state index contributed by atoms with van der Waals surface area (Å²) in [5.74, 6) is -0.843. The van der Waals surface area contributed by atoms with Gasteiger partial charge in [-0.05, 0) is 17.5 Å². The molecule has 0 saturated carbocycles. The minimum atomic E-state index is -0.585. The zero-order chi connectivity index (χ0) is 18.4. The van der Waals surface area contributed by atoms with Crippen LogP contribution < -0.4 is 10.9 Å². The molecule has 0 radical (unpaired) electrons. The molecule has 0 unspecified atom stereocenters. The van der Waals surface area contributed by atoms with Gasteiger partial charge < -0.3 is 15.3 Å². The maximum absolute atomic E-state index is 12.7. The molecule has 132 valence electrons. The van der Waals surface area contributed by atoms with Gasteiger partial charge in [0.1, 0.15) is 23.5 Å². The molecule has 2 aromatic rings. The van der Waals surface area contributed by atoms with Crippen LogP contribution in [-0.4, -0.2) is 51.5 Å². The summed E-state index contributed by atoms with van der Waals surface area (Å²) in [5.41, 5.74) is -0.350. The number of nitrogens with zero attached hydrogens (tertiary/aromatic N) is 3. The van der Waals surface area contributed by atoms with E-state index < -0.39 is 11.5 Å². The molecule has 25 heavy (non-hydrogen) atoms. The average molecular weight is 344 g/mol. The van der Waals surface area contributed by atoms with Gasteiger partial charge in [-0.2, -0.15) is 0 Å². The van der Waals surface area contributed by atoms with Crippen molar-refractivity contribution in [2.24, 2.45) is 5.41 Å². The van der Waals surface area contributed by atoms with Gasteiger partial charge in [-0.3, -0.25) is 19.0 Å². The van der Waals surface area contributed by atoms with E-state index in [1.807, 2.05) is 0 Å². The van der Waals surface area contributed by atoms with Gasteiger partial charge in [0.2, 0.25) is 5.91 Å². The molecule has 0 bridgehead atoms. The van der Waals surface area contributed by atoms with Gasteiger partial charge in [0.05, 0.1) is 6.20 Å². The molecule has 1 saturated heterocycles. The van der Waals surface area contributed by atoms with Crippen LogP contribution in [0.15, 0.2) is 23.1 Å². The number of rotatable bonds is 3. The van der Waals surface area contributed by atoms with Gasteiger partial charge >= 0.3 is 0 Å². The summed E-state index contributed by atoms with van der Waals surface area (Å²) >= 11 is 0. The molecular formula is C17H20N4O4. The van der Waals surface area contributed by atoms with Gasteiger partial charge in [-0.1, -0.05) is 13.8 Å². The van der Waals surface area contributed by atoms with E-state index in [2.05, 4.69) is 24.1 Å². The lowest BCUT2D eigenvalue weighted by molar-refractivity contribution is -0.142. The summed E-state index contributed by atoms with van der Waals surface area (Å²) < 4.78 is 1.19. The highest BCUT2D eigenvalue weighted by molar-refractivity contribution is 5.97. The number of aromatic nitrogens is 2. The second-order valence-electron chi connectivity index (χ2n) is 7.05. The van der Waals surface area contributed by atoms with E-state index in [1.54, 1.807) is 4.90 Å². The van der Waals surface area contributed by atoms with Crippen molar-refractivity contribution < 1.29 is 14.7 Å². The standard InChI is InChI=1S/C17H20N4O4/c1-17(2)8-20(9-17)13(23)7-21-14-10(4-11(22)6-19-14)5-12(16(21)25)15(24)18-3/h4-6,22H,7-9H2,1-3H3,(H,18,24). The Kier molecular flexibility index (Phi) is 3.98. The Balaban J connectivity index is 2.06. The highest BCUT2D eigenvalue weighted by atomic mass is 16.3. The summed E-state index contributed by atoms with van der Waals surface area (Å²) in [6, 6.07) is 2.78. The lowest BCUT2D eigenvalue weighted by atomic mass is 9.84. The molecule has 1 fully saturated rings. The summed E-state index contributed by atoms with van der Waals surface area (Å²) in [6.45, 7) is 5.18. The van der Waals surface area contributed by atoms with Crippen LogP contribution in [0, 0.1) is 5.41 Å². The summed E-state index contributed by atoms with van der Waals surface area (Å²) in [7, 11) is 1.42. The zero-order valence-electron chi connectivity index (χ0n) is 14.4. The van der Waals surface area contributed by atoms with E-state index in [1.165, 1.54) is 29.9 Å². The molecule has 0 atom stereocenters. The lowest BCUT2D eigenvalue weighted by Gasteiger charge is -2.45. The van der Waals surface area contributed by atoms with Gasteiger partial charge in [0, 0.05) is 25.5 Å². The molecule has 1 aliphatic heterocycles. The fourth-order valence-corrected chi connectivity index (χ4v) is 3.10. The third kappa shape index (κ3) is 3.07. The Morgan fingerprint density at radius 3 is 2.60 bits per heavy atom. The number of carbonyl (C=O) groups excluding carboxylic acids is 2. The van der Waals surface area contributed by atoms with E-state index in [-0.39, 0.29) is 34.8 Å². The second-order valence-corrected chi connectivity index (χ2v) is 7.05. The van der Waals surface area contributed by atoms with Crippen molar-refractivity contribution in [1.82, 2.24) is 19.8 Å². The van der Waals surface area contributed by atoms with Crippen LogP contribution in [-0.2, 0) is 11.3 Å². The number of nitrogens with one attached hydrogen (secondary N) is 1. The van der Waals surface area contributed by atoms with Crippen LogP contribution in [0.1, 0.15) is 24.2 Å². The summed E-state index contributed by atoms with van der Waals surface area (Å²) in [4.78, 5) is 42.9. The maximum Gasteiger partial charge on any atom is 0.265 e. The highest BCUT2D eigenvalue weighted by Crippen LogP contribution is 2.28. The predicted octanol–water partition coefficient (Wildman–Crippen LogP) is 0.330. The first-order valence-corrected chi connectivity index (χ1v) is 7.94. The van der Waals surface area contributed by atoms with Crippen LogP contribution in [0.25, 0.3) is 11.0 Å². The third-order valence-electron chi connectivity index (χ3n) is 4.27. The topological polar surface area (TPSA) is 105 Å². The van der Waals surface area contributed by atoms with Crippen LogP contribution in [0.4, 0.5) is 0 Å². The Hall–Kier alpha value is -2.90. The molecule has 2 N–H and O–H groups in total. The fourth-order valence-electron chi connectivity index (χ4n) is 3.10. The van der Waals surface area contributed by atoms with E-state index in [9.17, 15) is 19.5 Å². The quantitative estimate of drug-likeness (QED) is 0.835. The minimum absolute atomic E-state index is 0.0800. The first-order chi connectivity index (χ1) is 11.7. The van der Waals surface area contributed by atoms with E-state index >= 15 is 0 Å². The van der Waals surface area contributed by atoms with Crippen molar-refractivity contribution in [2.75, 3.05) is 20.1 Å². The molecule has 3 heterocycles. The Bertz CT molecular complexity index is 924. The number of pyridine rings is 2. The number of fused-ring (bicyclic) bond motifs is 1. The van der Waals surface area contributed by atoms with Gasteiger partial charge in [-0.25, -0.2) is 4.98 Å². The van der Waals surface area contributed by atoms with Crippen molar-refractivity contribution in [3.8, 4) is 5.75 Å². The summed E-state index contributed by atoms with van der Waals surface area (Å²) in [5, 5.41) is 12.4. The highest BCUT2D eigenvalue weighted by Gasteiger charge is 2.37. The maximum atomic E-state index is 12.7. The monoisotopic (exact) mass is 344 g/mol. The Morgan fingerprint density at radius 2 is 2.00 bits per heavy atom. The molecule has 8 nitrogen and oxygen atoms in total. The Labute approximate surface area is 144 Å². The van der Waals surface area contributed by atoms with Crippen molar-refractivity contribution in [3.63, 3.8) is 0 Å². The average Bonchev–Trinajstić information content (AvgIpc) is 2.53. The molecule has 2 aromatic heterocycles. The number of carbonyl (C=O) groups is 2. The summed E-state index contributed by atoms with van der Waals surface area (Å²) in [6.07, 6.45) is 1.20. The minimum Gasteiger partial charge on any atom is -0.506 e. The lowest BCUT2D eigenvalue weighted by Crippen LogP contribution is -2.56. The van der Waals surface area contributed by atoms with Crippen LogP contribution in [0.3, 0.4) is 0 Å². The van der Waals surface area contributed by atoms with Crippen LogP contribution >= 0.6 is 0 Å². The molecular weight excluding hydrogens is 324 g/mol. The molecule has 0 aromatic carbocycles. The van der Waals surface area contributed by atoms with Crippen molar-refractivity contribution >= 4 is 22.8 Å². The predicted molar refractivity (Wildman–Crippen MR) is 91.4 cm³/mol. The van der Waals surface area contributed by atoms with Crippen LogP contribution in [0.5, 0.6) is 5.75 Å². The van der Waals surface area contributed by atoms with Gasteiger partial charge in [-0.15, -0.1) is 0 Å². The molecule has 3 rings (SSSR count). The van der Waals surface area contributed by atoms with E-state index in [0.29, 0.717) is 18.5 Å². The third-order valence-corrected chi connectivity index (χ3v) is 4.27. The van der Waals surface area contributed by atoms with Crippen molar-refractivity contribution in [3.05, 3.63) is 34.2 Å². The Morgan fingerprint density at radius 1 is 1.32 bits per heavy atom. The number of hydrogen-bond donors (Lipinski definition) is 2. The molecule has 1 aliphatic rings. The number of hydrogen-bond acceptors (Lipinski definition) is 5. The largest absolute Gasteiger partial charge is 0.506 e. The molecule has 0 aliphatic carbocycles. The SMILES string of the molecule is CNC(=O)c1cc2cc(O)cnc2n(CC(=O)N2CC(C)(C)C2)c1=O. The van der Waals surface area contributed by atoms with E-state index in [0.717, 1.165) is 0 Å². The smallest absolute Gasteiger partial charge is 0.265 e. The van der Waals surface area contributed by atoms with Crippen LogP contribution in [0.2, 0.25) is 0 Å². The second kappa shape index (κ2) is 5.87. The van der Waals surface area contributed by atoms with Crippen molar-refractivity contribution in [1.29, 1.82) is 0 Å². The van der Waals surface area contributed by atoms with Crippen molar-refractivity contribution in [2.45, 2.75) is 20.4 Å². The fraction of sp³-hybridized carbons (Fsp3) is 0.412. The molecule has 2 amide bonds. The van der Waals surface area contributed by atoms with Gasteiger partial charge in [0.15, 0.2) is 0 Å². The molecule has 8 heteroatoms. The first kappa shape index (κ1) is 16.9. The number of likely N-dealkylation sites (tertiary alicyclic amines) is 1.